The van der Waals surface area contributed by atoms with E-state index in [-0.39, 0.29) is 10.9 Å². The predicted octanol–water partition coefficient (Wildman–Crippen LogP) is 3.18. The second-order valence-electron chi connectivity index (χ2n) is 5.44. The highest BCUT2D eigenvalue weighted by Crippen LogP contribution is 2.50. The lowest BCUT2D eigenvalue weighted by Gasteiger charge is -2.36. The average molecular weight is 297 g/mol. The molecule has 1 unspecified atom stereocenters. The van der Waals surface area contributed by atoms with Crippen molar-refractivity contribution in [1.82, 2.24) is 0 Å². The van der Waals surface area contributed by atoms with Gasteiger partial charge in [-0.25, -0.2) is 0 Å². The van der Waals surface area contributed by atoms with Gasteiger partial charge in [-0.2, -0.15) is 13.2 Å². The number of hydrogen-bond acceptors (Lipinski definition) is 3. The quantitative estimate of drug-likeness (QED) is 0.734. The van der Waals surface area contributed by atoms with Gasteiger partial charge >= 0.3 is 6.18 Å². The van der Waals surface area contributed by atoms with E-state index in [1.54, 1.807) is 19.9 Å². The predicted molar refractivity (Wildman–Crippen MR) is 73.3 cm³/mol. The van der Waals surface area contributed by atoms with Crippen LogP contribution in [-0.2, 0) is 5.60 Å². The van der Waals surface area contributed by atoms with E-state index in [4.69, 9.17) is 10.5 Å². The Kier molecular flexibility index (Phi) is 2.69. The van der Waals surface area contributed by atoms with Crippen LogP contribution in [0.1, 0.15) is 16.7 Å². The Morgan fingerprint density at radius 1 is 1.19 bits per heavy atom. The Labute approximate surface area is 119 Å². The van der Waals surface area contributed by atoms with Crippen molar-refractivity contribution >= 4 is 16.5 Å². The van der Waals surface area contributed by atoms with Crippen LogP contribution in [0.15, 0.2) is 18.2 Å². The molecule has 2 aromatic carbocycles. The summed E-state index contributed by atoms with van der Waals surface area (Å²) in [7, 11) is 0. The fourth-order valence-electron chi connectivity index (χ4n) is 2.90. The highest BCUT2D eigenvalue weighted by atomic mass is 19.4. The van der Waals surface area contributed by atoms with Gasteiger partial charge < -0.3 is 15.6 Å². The molecule has 3 rings (SSSR count). The number of nitrogens with two attached hydrogens (primary N) is 1. The van der Waals surface area contributed by atoms with Gasteiger partial charge in [0.25, 0.3) is 0 Å². The van der Waals surface area contributed by atoms with E-state index >= 15 is 0 Å². The van der Waals surface area contributed by atoms with Gasteiger partial charge in [0.2, 0.25) is 5.60 Å². The standard InChI is InChI=1S/C15H14F3NO2/c1-7-3-4-9-12-11(7)10(19)5-8(2)13(12)21-6-14(9,20)15(16,17)18/h3-5,20H,6,19H2,1-2H3. The molecule has 21 heavy (non-hydrogen) atoms. The van der Waals surface area contributed by atoms with E-state index in [2.05, 4.69) is 0 Å². The minimum absolute atomic E-state index is 0.202. The highest BCUT2D eigenvalue weighted by molar-refractivity contribution is 6.03. The summed E-state index contributed by atoms with van der Waals surface area (Å²) >= 11 is 0. The summed E-state index contributed by atoms with van der Waals surface area (Å²) in [5.74, 6) is 0.354. The summed E-state index contributed by atoms with van der Waals surface area (Å²) < 4.78 is 45.1. The number of anilines is 1. The van der Waals surface area contributed by atoms with Crippen LogP contribution in [0.2, 0.25) is 0 Å². The Balaban J connectivity index is 2.49. The van der Waals surface area contributed by atoms with Crippen molar-refractivity contribution in [2.75, 3.05) is 12.3 Å². The summed E-state index contributed by atoms with van der Waals surface area (Å²) in [6, 6.07) is 4.51. The molecule has 1 aliphatic heterocycles. The van der Waals surface area contributed by atoms with Gasteiger partial charge in [-0.1, -0.05) is 12.1 Å². The van der Waals surface area contributed by atoms with Gasteiger partial charge in [0.1, 0.15) is 12.4 Å². The molecule has 0 amide bonds. The number of benzene rings is 2. The molecular formula is C15H14F3NO2. The number of ether oxygens (including phenoxy) is 1. The molecule has 6 heteroatoms. The maximum absolute atomic E-state index is 13.3. The van der Waals surface area contributed by atoms with Crippen LogP contribution >= 0.6 is 0 Å². The summed E-state index contributed by atoms with van der Waals surface area (Å²) in [6.45, 7) is 2.62. The third-order valence-corrected chi connectivity index (χ3v) is 4.00. The van der Waals surface area contributed by atoms with Gasteiger partial charge in [0, 0.05) is 22.0 Å². The Hall–Kier alpha value is -1.95. The first-order valence-electron chi connectivity index (χ1n) is 6.41. The smallest absolute Gasteiger partial charge is 0.424 e. The van der Waals surface area contributed by atoms with E-state index in [9.17, 15) is 18.3 Å². The number of nitrogen functional groups attached to an aromatic ring is 1. The summed E-state index contributed by atoms with van der Waals surface area (Å²) in [4.78, 5) is 0. The number of halogens is 3. The van der Waals surface area contributed by atoms with E-state index < -0.39 is 18.4 Å². The summed E-state index contributed by atoms with van der Waals surface area (Å²) in [5, 5.41) is 10.9. The lowest BCUT2D eigenvalue weighted by atomic mass is 9.84. The molecule has 0 fully saturated rings. The van der Waals surface area contributed by atoms with Crippen LogP contribution in [0, 0.1) is 13.8 Å². The Bertz CT molecular complexity index is 755. The lowest BCUT2D eigenvalue weighted by Crippen LogP contribution is -2.49. The first-order valence-corrected chi connectivity index (χ1v) is 6.41. The van der Waals surface area contributed by atoms with Crippen molar-refractivity contribution in [1.29, 1.82) is 0 Å². The van der Waals surface area contributed by atoms with Crippen molar-refractivity contribution in [3.8, 4) is 5.75 Å². The van der Waals surface area contributed by atoms with Gasteiger partial charge in [0.15, 0.2) is 0 Å². The Morgan fingerprint density at radius 3 is 2.48 bits per heavy atom. The minimum Gasteiger partial charge on any atom is -0.489 e. The van der Waals surface area contributed by atoms with E-state index in [1.165, 1.54) is 12.1 Å². The molecule has 0 radical (unpaired) electrons. The average Bonchev–Trinajstić information content (AvgIpc) is 2.36. The molecule has 1 aliphatic rings. The lowest BCUT2D eigenvalue weighted by molar-refractivity contribution is -0.276. The normalized spacial score (nSPS) is 21.4. The molecule has 3 N–H and O–H groups in total. The molecule has 1 atom stereocenters. The second kappa shape index (κ2) is 4.04. The molecule has 3 nitrogen and oxygen atoms in total. The topological polar surface area (TPSA) is 55.5 Å². The number of alkyl halides is 3. The number of rotatable bonds is 0. The zero-order valence-corrected chi connectivity index (χ0v) is 11.5. The van der Waals surface area contributed by atoms with E-state index in [0.717, 1.165) is 5.56 Å². The largest absolute Gasteiger partial charge is 0.489 e. The zero-order valence-electron chi connectivity index (χ0n) is 11.5. The molecule has 0 aromatic heterocycles. The minimum atomic E-state index is -4.83. The van der Waals surface area contributed by atoms with Crippen LogP contribution in [0.3, 0.4) is 0 Å². The third-order valence-electron chi connectivity index (χ3n) is 4.00. The third kappa shape index (κ3) is 1.72. The van der Waals surface area contributed by atoms with Gasteiger partial charge in [-0.05, 0) is 31.0 Å². The van der Waals surface area contributed by atoms with Crippen molar-refractivity contribution in [3.05, 3.63) is 34.9 Å². The number of aliphatic hydroxyl groups is 1. The van der Waals surface area contributed by atoms with Gasteiger partial charge in [-0.3, -0.25) is 0 Å². The maximum atomic E-state index is 13.3. The maximum Gasteiger partial charge on any atom is 0.424 e. The summed E-state index contributed by atoms with van der Waals surface area (Å²) in [5.41, 5.74) is 4.49. The highest BCUT2D eigenvalue weighted by Gasteiger charge is 2.58. The molecule has 112 valence electrons. The molecule has 1 heterocycles. The Morgan fingerprint density at radius 2 is 1.86 bits per heavy atom. The molecule has 0 spiro atoms. The number of aryl methyl sites for hydroxylation is 2. The van der Waals surface area contributed by atoms with Crippen molar-refractivity contribution < 1.29 is 23.0 Å². The van der Waals surface area contributed by atoms with Crippen LogP contribution < -0.4 is 10.5 Å². The fourth-order valence-corrected chi connectivity index (χ4v) is 2.90. The number of hydrogen-bond donors (Lipinski definition) is 2. The first-order chi connectivity index (χ1) is 9.67. The van der Waals surface area contributed by atoms with Crippen molar-refractivity contribution in [3.63, 3.8) is 0 Å². The second-order valence-corrected chi connectivity index (χ2v) is 5.44. The van der Waals surface area contributed by atoms with Crippen molar-refractivity contribution in [2.45, 2.75) is 25.6 Å². The first kappa shape index (κ1) is 14.0. The molecular weight excluding hydrogens is 283 g/mol. The summed E-state index contributed by atoms with van der Waals surface area (Å²) in [6.07, 6.45) is -4.83. The monoisotopic (exact) mass is 297 g/mol. The molecule has 0 bridgehead atoms. The molecule has 0 aliphatic carbocycles. The molecule has 0 saturated carbocycles. The van der Waals surface area contributed by atoms with E-state index in [0.29, 0.717) is 22.4 Å². The van der Waals surface area contributed by atoms with E-state index in [1.807, 2.05) is 0 Å². The molecule has 2 aromatic rings. The van der Waals surface area contributed by atoms with Crippen LogP contribution in [-0.4, -0.2) is 17.9 Å². The van der Waals surface area contributed by atoms with Crippen LogP contribution in [0.25, 0.3) is 10.8 Å². The van der Waals surface area contributed by atoms with Crippen LogP contribution in [0.5, 0.6) is 5.75 Å². The molecule has 0 saturated heterocycles. The van der Waals surface area contributed by atoms with Crippen molar-refractivity contribution in [2.24, 2.45) is 0 Å². The van der Waals surface area contributed by atoms with Gasteiger partial charge in [-0.15, -0.1) is 0 Å². The SMILES string of the molecule is Cc1cc(N)c2c(C)ccc3c2c1OCC3(O)C(F)(F)F. The van der Waals surface area contributed by atoms with Gasteiger partial charge in [0.05, 0.1) is 0 Å². The van der Waals surface area contributed by atoms with Crippen LogP contribution in [0.4, 0.5) is 18.9 Å². The fraction of sp³-hybridized carbons (Fsp3) is 0.333. The zero-order chi connectivity index (χ0) is 15.6.